The maximum atomic E-state index is 11.4. The molecule has 1 aromatic carbocycles. The molecule has 0 spiro atoms. The van der Waals surface area contributed by atoms with E-state index in [2.05, 4.69) is 32.8 Å². The maximum Gasteiger partial charge on any atom is 0.310 e. The number of benzene rings is 1. The van der Waals surface area contributed by atoms with E-state index in [1.807, 2.05) is 13.0 Å². The van der Waals surface area contributed by atoms with Gasteiger partial charge in [0.05, 0.1) is 11.4 Å². The first kappa shape index (κ1) is 12.7. The van der Waals surface area contributed by atoms with Crippen molar-refractivity contribution in [3.63, 3.8) is 0 Å². The summed E-state index contributed by atoms with van der Waals surface area (Å²) in [5.41, 5.74) is 3.48. The molecule has 1 N–H and O–H groups in total. The SMILES string of the molecule is CCC(C(=O)O)c1cc2c3c(c1)c(Br)cn3CCC2. The van der Waals surface area contributed by atoms with Gasteiger partial charge in [0.25, 0.3) is 0 Å². The van der Waals surface area contributed by atoms with E-state index in [4.69, 9.17) is 0 Å². The van der Waals surface area contributed by atoms with E-state index in [0.717, 1.165) is 34.8 Å². The van der Waals surface area contributed by atoms with Gasteiger partial charge in [-0.1, -0.05) is 13.0 Å². The first-order valence-corrected chi connectivity index (χ1v) is 7.45. The fourth-order valence-corrected chi connectivity index (χ4v) is 3.62. The molecule has 0 radical (unpaired) electrons. The lowest BCUT2D eigenvalue weighted by molar-refractivity contribution is -0.138. The molecule has 2 heterocycles. The topological polar surface area (TPSA) is 42.2 Å². The van der Waals surface area contributed by atoms with Crippen LogP contribution in [-0.4, -0.2) is 15.6 Å². The molecule has 0 amide bonds. The van der Waals surface area contributed by atoms with Gasteiger partial charge in [0.15, 0.2) is 0 Å². The number of rotatable bonds is 3. The zero-order chi connectivity index (χ0) is 13.6. The van der Waals surface area contributed by atoms with E-state index in [1.54, 1.807) is 0 Å². The minimum atomic E-state index is -0.736. The van der Waals surface area contributed by atoms with Crippen LogP contribution in [0.15, 0.2) is 22.8 Å². The normalized spacial score (nSPS) is 15.7. The van der Waals surface area contributed by atoms with Gasteiger partial charge in [-0.2, -0.15) is 0 Å². The van der Waals surface area contributed by atoms with E-state index in [-0.39, 0.29) is 0 Å². The van der Waals surface area contributed by atoms with Crippen LogP contribution in [0.25, 0.3) is 10.9 Å². The molecule has 19 heavy (non-hydrogen) atoms. The molecule has 100 valence electrons. The summed E-state index contributed by atoms with van der Waals surface area (Å²) in [5.74, 6) is -1.14. The van der Waals surface area contributed by atoms with E-state index in [1.165, 1.54) is 11.1 Å². The number of carbonyl (C=O) groups is 1. The van der Waals surface area contributed by atoms with E-state index < -0.39 is 11.9 Å². The van der Waals surface area contributed by atoms with Gasteiger partial charge in [0.2, 0.25) is 0 Å². The zero-order valence-electron chi connectivity index (χ0n) is 10.8. The lowest BCUT2D eigenvalue weighted by atomic mass is 9.91. The number of carboxylic acid groups (broad SMARTS) is 1. The predicted octanol–water partition coefficient (Wildman–Crippen LogP) is 3.93. The Kier molecular flexibility index (Phi) is 3.13. The van der Waals surface area contributed by atoms with Crippen molar-refractivity contribution in [1.29, 1.82) is 0 Å². The van der Waals surface area contributed by atoms with Crippen molar-refractivity contribution in [3.8, 4) is 0 Å². The first-order valence-electron chi connectivity index (χ1n) is 6.65. The maximum absolute atomic E-state index is 11.4. The van der Waals surface area contributed by atoms with Gasteiger partial charge in [0.1, 0.15) is 0 Å². The number of hydrogen-bond acceptors (Lipinski definition) is 1. The fraction of sp³-hybridized carbons (Fsp3) is 0.400. The van der Waals surface area contributed by atoms with Crippen molar-refractivity contribution in [3.05, 3.63) is 33.9 Å². The molecule has 1 aliphatic heterocycles. The van der Waals surface area contributed by atoms with Crippen molar-refractivity contribution in [2.45, 2.75) is 38.6 Å². The molecule has 0 fully saturated rings. The van der Waals surface area contributed by atoms with Gasteiger partial charge in [-0.25, -0.2) is 0 Å². The van der Waals surface area contributed by atoms with Crippen LogP contribution in [0.5, 0.6) is 0 Å². The summed E-state index contributed by atoms with van der Waals surface area (Å²) in [6.45, 7) is 2.97. The van der Waals surface area contributed by atoms with Gasteiger partial charge >= 0.3 is 5.97 Å². The largest absolute Gasteiger partial charge is 0.481 e. The molecular weight excluding hydrogens is 306 g/mol. The minimum absolute atomic E-state index is 0.405. The van der Waals surface area contributed by atoms with Crippen molar-refractivity contribution < 1.29 is 9.90 Å². The number of halogens is 1. The highest BCUT2D eigenvalue weighted by atomic mass is 79.9. The number of aliphatic carboxylic acids is 1. The van der Waals surface area contributed by atoms with Gasteiger partial charge in [-0.3, -0.25) is 4.79 Å². The van der Waals surface area contributed by atoms with Gasteiger partial charge in [0, 0.05) is 22.6 Å². The molecule has 1 unspecified atom stereocenters. The molecular formula is C15H16BrNO2. The molecule has 4 heteroatoms. The van der Waals surface area contributed by atoms with Crippen molar-refractivity contribution >= 4 is 32.8 Å². The highest BCUT2D eigenvalue weighted by Crippen LogP contribution is 2.36. The quantitative estimate of drug-likeness (QED) is 0.930. The number of aromatic nitrogens is 1. The molecule has 3 nitrogen and oxygen atoms in total. The van der Waals surface area contributed by atoms with E-state index in [9.17, 15) is 9.90 Å². The van der Waals surface area contributed by atoms with Gasteiger partial charge in [-0.05, 0) is 52.4 Å². The second-order valence-corrected chi connectivity index (χ2v) is 6.00. The Morgan fingerprint density at radius 2 is 2.32 bits per heavy atom. The van der Waals surface area contributed by atoms with Crippen LogP contribution in [0.4, 0.5) is 0 Å². The smallest absolute Gasteiger partial charge is 0.310 e. The standard InChI is InChI=1S/C15H16BrNO2/c1-2-11(15(18)19)10-6-9-4-3-5-17-8-13(16)12(7-10)14(9)17/h6-8,11H,2-5H2,1H3,(H,18,19). The van der Waals surface area contributed by atoms with Crippen LogP contribution in [0.3, 0.4) is 0 Å². The summed E-state index contributed by atoms with van der Waals surface area (Å²) in [6, 6.07) is 4.12. The highest BCUT2D eigenvalue weighted by molar-refractivity contribution is 9.10. The molecule has 1 aromatic heterocycles. The van der Waals surface area contributed by atoms with Crippen LogP contribution in [0, 0.1) is 0 Å². The van der Waals surface area contributed by atoms with Crippen molar-refractivity contribution in [1.82, 2.24) is 4.57 Å². The summed E-state index contributed by atoms with van der Waals surface area (Å²) in [6.07, 6.45) is 4.89. The molecule has 0 aliphatic carbocycles. The molecule has 2 aromatic rings. The third-order valence-corrected chi connectivity index (χ3v) is 4.61. The third-order valence-electron chi connectivity index (χ3n) is 3.98. The summed E-state index contributed by atoms with van der Waals surface area (Å²) in [4.78, 5) is 11.4. The number of hydrogen-bond donors (Lipinski definition) is 1. The van der Waals surface area contributed by atoms with E-state index >= 15 is 0 Å². The third kappa shape index (κ3) is 1.98. The van der Waals surface area contributed by atoms with Crippen molar-refractivity contribution in [2.75, 3.05) is 0 Å². The summed E-state index contributed by atoms with van der Waals surface area (Å²) in [5, 5.41) is 10.5. The molecule has 1 atom stereocenters. The summed E-state index contributed by atoms with van der Waals surface area (Å²) in [7, 11) is 0. The van der Waals surface area contributed by atoms with Gasteiger partial charge < -0.3 is 9.67 Å². The second-order valence-electron chi connectivity index (χ2n) is 5.15. The Morgan fingerprint density at radius 3 is 3.00 bits per heavy atom. The lowest BCUT2D eigenvalue weighted by Gasteiger charge is -2.18. The minimum Gasteiger partial charge on any atom is -0.481 e. The van der Waals surface area contributed by atoms with Crippen LogP contribution in [-0.2, 0) is 17.8 Å². The highest BCUT2D eigenvalue weighted by Gasteiger charge is 2.22. The molecule has 3 rings (SSSR count). The predicted molar refractivity (Wildman–Crippen MR) is 78.6 cm³/mol. The summed E-state index contributed by atoms with van der Waals surface area (Å²) >= 11 is 3.59. The molecule has 1 aliphatic rings. The Balaban J connectivity index is 2.24. The monoisotopic (exact) mass is 321 g/mol. The average molecular weight is 322 g/mol. The van der Waals surface area contributed by atoms with Gasteiger partial charge in [-0.15, -0.1) is 0 Å². The number of carboxylic acids is 1. The molecule has 0 saturated heterocycles. The Bertz CT molecular complexity index is 660. The van der Waals surface area contributed by atoms with E-state index in [0.29, 0.717) is 6.42 Å². The fourth-order valence-electron chi connectivity index (χ4n) is 3.07. The lowest BCUT2D eigenvalue weighted by Crippen LogP contribution is -2.12. The Morgan fingerprint density at radius 1 is 1.53 bits per heavy atom. The van der Waals surface area contributed by atoms with Crippen LogP contribution >= 0.6 is 15.9 Å². The van der Waals surface area contributed by atoms with Crippen LogP contribution in [0.2, 0.25) is 0 Å². The second kappa shape index (κ2) is 4.67. The zero-order valence-corrected chi connectivity index (χ0v) is 12.4. The number of aryl methyl sites for hydroxylation is 2. The average Bonchev–Trinajstić information content (AvgIpc) is 2.68. The van der Waals surface area contributed by atoms with Crippen molar-refractivity contribution in [2.24, 2.45) is 0 Å². The van der Waals surface area contributed by atoms with Crippen LogP contribution < -0.4 is 0 Å². The number of nitrogens with zero attached hydrogens (tertiary/aromatic N) is 1. The molecule has 0 saturated carbocycles. The summed E-state index contributed by atoms with van der Waals surface area (Å²) < 4.78 is 3.33. The molecule has 0 bridgehead atoms. The van der Waals surface area contributed by atoms with Crippen LogP contribution in [0.1, 0.15) is 36.8 Å². The Labute approximate surface area is 120 Å². The first-order chi connectivity index (χ1) is 9.11. The Hall–Kier alpha value is -1.29.